The first-order chi connectivity index (χ1) is 14.6. The van der Waals surface area contributed by atoms with Gasteiger partial charge in [-0.15, -0.1) is 11.3 Å². The van der Waals surface area contributed by atoms with Crippen LogP contribution in [-0.4, -0.2) is 46.0 Å². The summed E-state index contributed by atoms with van der Waals surface area (Å²) < 4.78 is 5.67. The number of hydrogen-bond acceptors (Lipinski definition) is 6. The highest BCUT2D eigenvalue weighted by atomic mass is 32.1. The second-order valence-electron chi connectivity index (χ2n) is 8.97. The predicted molar refractivity (Wildman–Crippen MR) is 124 cm³/mol. The summed E-state index contributed by atoms with van der Waals surface area (Å²) >= 11 is 1.61. The van der Waals surface area contributed by atoms with Crippen molar-refractivity contribution >= 4 is 17.1 Å². The molecular weight excluding hydrogens is 412 g/mol. The van der Waals surface area contributed by atoms with E-state index in [4.69, 9.17) is 9.84 Å². The van der Waals surface area contributed by atoms with Gasteiger partial charge in [0.25, 0.3) is 0 Å². The number of aliphatic hydroxyl groups is 3. The fraction of sp³-hybridized carbons (Fsp3) is 0.560. The van der Waals surface area contributed by atoms with Gasteiger partial charge in [-0.3, -0.25) is 4.79 Å². The third kappa shape index (κ3) is 5.55. The lowest BCUT2D eigenvalue weighted by Gasteiger charge is -2.29. The minimum Gasteiger partial charge on any atom is -0.490 e. The van der Waals surface area contributed by atoms with Crippen molar-refractivity contribution in [3.8, 4) is 5.75 Å². The van der Waals surface area contributed by atoms with Gasteiger partial charge in [-0.05, 0) is 74.3 Å². The van der Waals surface area contributed by atoms with Gasteiger partial charge in [-0.2, -0.15) is 0 Å². The van der Waals surface area contributed by atoms with Gasteiger partial charge in [0.15, 0.2) is 5.78 Å². The van der Waals surface area contributed by atoms with Crippen LogP contribution in [0.1, 0.15) is 69.1 Å². The lowest BCUT2D eigenvalue weighted by molar-refractivity contribution is 0.0457. The van der Waals surface area contributed by atoms with Crippen molar-refractivity contribution in [2.45, 2.75) is 77.9 Å². The summed E-state index contributed by atoms with van der Waals surface area (Å²) in [6.45, 7) is 7.62. The zero-order valence-electron chi connectivity index (χ0n) is 19.0. The predicted octanol–water partition coefficient (Wildman–Crippen LogP) is 3.71. The summed E-state index contributed by atoms with van der Waals surface area (Å²) in [6.07, 6.45) is 3.21. The Labute approximate surface area is 188 Å². The van der Waals surface area contributed by atoms with E-state index in [1.165, 1.54) is 10.4 Å². The van der Waals surface area contributed by atoms with E-state index >= 15 is 0 Å². The van der Waals surface area contributed by atoms with E-state index in [9.17, 15) is 15.0 Å². The third-order valence-electron chi connectivity index (χ3n) is 6.04. The van der Waals surface area contributed by atoms with Gasteiger partial charge in [-0.1, -0.05) is 19.1 Å². The highest BCUT2D eigenvalue weighted by Gasteiger charge is 2.33. The second-order valence-corrected chi connectivity index (χ2v) is 10.1. The van der Waals surface area contributed by atoms with Crippen LogP contribution in [0.5, 0.6) is 5.75 Å². The average Bonchev–Trinajstić information content (AvgIpc) is 3.07. The van der Waals surface area contributed by atoms with E-state index in [1.807, 2.05) is 32.9 Å². The van der Waals surface area contributed by atoms with Crippen molar-refractivity contribution in [2.24, 2.45) is 0 Å². The van der Waals surface area contributed by atoms with E-state index in [2.05, 4.69) is 6.92 Å². The van der Waals surface area contributed by atoms with Crippen LogP contribution in [0.3, 0.4) is 0 Å². The van der Waals surface area contributed by atoms with E-state index in [-0.39, 0.29) is 19.0 Å². The number of benzene rings is 1. The van der Waals surface area contributed by atoms with Crippen LogP contribution in [0.15, 0.2) is 12.1 Å². The van der Waals surface area contributed by atoms with Crippen molar-refractivity contribution in [2.75, 3.05) is 13.2 Å². The highest BCUT2D eigenvalue weighted by molar-refractivity contribution is 7.14. The lowest BCUT2D eigenvalue weighted by atomic mass is 9.81. The molecule has 1 aliphatic carbocycles. The molecule has 5 nitrogen and oxygen atoms in total. The van der Waals surface area contributed by atoms with Gasteiger partial charge in [-0.25, -0.2) is 0 Å². The van der Waals surface area contributed by atoms with E-state index in [1.54, 1.807) is 11.3 Å². The molecule has 2 atom stereocenters. The molecule has 0 aliphatic heterocycles. The number of carbonyl (C=O) groups is 1. The van der Waals surface area contributed by atoms with Gasteiger partial charge in [0, 0.05) is 17.7 Å². The standard InChI is InChI=1S/C25H34O5S/c1-5-22-20-12-25(4,29)9-8-19(20)24(31-22)21(28)7-6-17-10-15(2)23(16(3)11-17)30-14-18(27)13-26/h10-11,18,26-27,29H,5-9,12-14H2,1-4H3/t18?,25-/m0/s1. The van der Waals surface area contributed by atoms with E-state index in [0.29, 0.717) is 25.7 Å². The molecule has 1 aliphatic rings. The number of Topliss-reactive ketones (excluding diaryl/α,β-unsaturated/α-hetero) is 1. The number of thiophene rings is 1. The molecule has 31 heavy (non-hydrogen) atoms. The zero-order valence-corrected chi connectivity index (χ0v) is 19.8. The molecule has 0 spiro atoms. The Morgan fingerprint density at radius 1 is 1.26 bits per heavy atom. The first kappa shape index (κ1) is 23.9. The molecule has 3 rings (SSSR count). The number of carbonyl (C=O) groups excluding carboxylic acids is 1. The highest BCUT2D eigenvalue weighted by Crippen LogP contribution is 2.39. The summed E-state index contributed by atoms with van der Waals surface area (Å²) in [6, 6.07) is 4.05. The molecule has 0 bridgehead atoms. The molecule has 0 radical (unpaired) electrons. The topological polar surface area (TPSA) is 87.0 Å². The summed E-state index contributed by atoms with van der Waals surface area (Å²) in [7, 11) is 0. The van der Waals surface area contributed by atoms with E-state index < -0.39 is 11.7 Å². The van der Waals surface area contributed by atoms with Crippen LogP contribution in [0, 0.1) is 13.8 Å². The zero-order chi connectivity index (χ0) is 22.8. The Hall–Kier alpha value is -1.73. The van der Waals surface area contributed by atoms with Crippen LogP contribution >= 0.6 is 11.3 Å². The molecule has 0 saturated heterocycles. The number of hydrogen-bond donors (Lipinski definition) is 3. The molecular formula is C25H34O5S. The number of rotatable bonds is 9. The first-order valence-corrected chi connectivity index (χ1v) is 11.9. The molecule has 2 aromatic rings. The normalized spacial score (nSPS) is 19.2. The number of ether oxygens (including phenoxy) is 1. The molecule has 0 amide bonds. The largest absolute Gasteiger partial charge is 0.490 e. The van der Waals surface area contributed by atoms with Crippen LogP contribution in [0.4, 0.5) is 0 Å². The molecule has 0 saturated carbocycles. The Bertz CT molecular complexity index is 921. The van der Waals surface area contributed by atoms with Crippen molar-refractivity contribution in [3.05, 3.63) is 49.7 Å². The maximum atomic E-state index is 13.1. The Balaban J connectivity index is 1.71. The summed E-state index contributed by atoms with van der Waals surface area (Å²) in [4.78, 5) is 15.2. The molecule has 1 heterocycles. The average molecular weight is 447 g/mol. The minimum absolute atomic E-state index is 0.0478. The number of aryl methyl sites for hydroxylation is 4. The Morgan fingerprint density at radius 2 is 1.94 bits per heavy atom. The smallest absolute Gasteiger partial charge is 0.173 e. The molecule has 1 aromatic carbocycles. The maximum absolute atomic E-state index is 13.1. The molecule has 6 heteroatoms. The van der Waals surface area contributed by atoms with Gasteiger partial charge in [0.05, 0.1) is 17.1 Å². The fourth-order valence-corrected chi connectivity index (χ4v) is 5.68. The number of ketones is 1. The van der Waals surface area contributed by atoms with Crippen LogP contribution in [-0.2, 0) is 25.7 Å². The van der Waals surface area contributed by atoms with Crippen LogP contribution < -0.4 is 4.74 Å². The van der Waals surface area contributed by atoms with Crippen molar-refractivity contribution < 1.29 is 24.9 Å². The van der Waals surface area contributed by atoms with Crippen LogP contribution in [0.2, 0.25) is 0 Å². The molecule has 0 fully saturated rings. The minimum atomic E-state index is -0.899. The lowest BCUT2D eigenvalue weighted by Crippen LogP contribution is -2.32. The second kappa shape index (κ2) is 9.82. The summed E-state index contributed by atoms with van der Waals surface area (Å²) in [5, 5.41) is 29.0. The SMILES string of the molecule is CCc1sc(C(=O)CCc2cc(C)c(OCC(O)CO)c(C)c2)c2c1C[C@@](C)(O)CC2. The van der Waals surface area contributed by atoms with Gasteiger partial charge < -0.3 is 20.1 Å². The number of aliphatic hydroxyl groups excluding tert-OH is 2. The molecule has 170 valence electrons. The molecule has 1 unspecified atom stereocenters. The molecule has 3 N–H and O–H groups in total. The maximum Gasteiger partial charge on any atom is 0.173 e. The first-order valence-electron chi connectivity index (χ1n) is 11.1. The fourth-order valence-electron chi connectivity index (χ4n) is 4.41. The van der Waals surface area contributed by atoms with Gasteiger partial charge in [0.1, 0.15) is 18.5 Å². The summed E-state index contributed by atoms with van der Waals surface area (Å²) in [5.41, 5.74) is 4.68. The monoisotopic (exact) mass is 446 g/mol. The Morgan fingerprint density at radius 3 is 2.55 bits per heavy atom. The van der Waals surface area contributed by atoms with E-state index in [0.717, 1.165) is 45.7 Å². The van der Waals surface area contributed by atoms with Crippen molar-refractivity contribution in [1.29, 1.82) is 0 Å². The number of fused-ring (bicyclic) bond motifs is 1. The van der Waals surface area contributed by atoms with Gasteiger partial charge in [0.2, 0.25) is 0 Å². The van der Waals surface area contributed by atoms with Crippen molar-refractivity contribution in [1.82, 2.24) is 0 Å². The van der Waals surface area contributed by atoms with Crippen LogP contribution in [0.25, 0.3) is 0 Å². The molecule has 1 aromatic heterocycles. The summed E-state index contributed by atoms with van der Waals surface area (Å²) in [5.74, 6) is 0.902. The Kier molecular flexibility index (Phi) is 7.58. The third-order valence-corrected chi connectivity index (χ3v) is 7.50. The van der Waals surface area contributed by atoms with Crippen molar-refractivity contribution in [3.63, 3.8) is 0 Å². The quantitative estimate of drug-likeness (QED) is 0.511. The van der Waals surface area contributed by atoms with Gasteiger partial charge >= 0.3 is 0 Å².